The Morgan fingerprint density at radius 1 is 1.29 bits per heavy atom. The number of piperidine rings is 1. The second-order valence-electron chi connectivity index (χ2n) is 3.86. The highest BCUT2D eigenvalue weighted by molar-refractivity contribution is 5.85. The van der Waals surface area contributed by atoms with E-state index in [1.165, 1.54) is 0 Å². The molecule has 0 aliphatic carbocycles. The molecule has 1 heterocycles. The van der Waals surface area contributed by atoms with Gasteiger partial charge in [-0.3, -0.25) is 9.69 Å². The minimum atomic E-state index is -0.00931. The number of nitrogens with zero attached hydrogens (tertiary/aromatic N) is 1. The zero-order valence-corrected chi connectivity index (χ0v) is 8.44. The normalized spacial score (nSPS) is 23.8. The molecule has 1 unspecified atom stereocenters. The van der Waals surface area contributed by atoms with E-state index in [9.17, 15) is 4.79 Å². The molecule has 1 fully saturated rings. The lowest BCUT2D eigenvalue weighted by atomic mass is 9.95. The Hall–Kier alpha value is -1.15. The Kier molecular flexibility index (Phi) is 2.64. The summed E-state index contributed by atoms with van der Waals surface area (Å²) in [5.74, 6) is 0.352. The van der Waals surface area contributed by atoms with Crippen molar-refractivity contribution >= 4 is 5.78 Å². The van der Waals surface area contributed by atoms with Gasteiger partial charge in [0, 0.05) is 6.42 Å². The van der Waals surface area contributed by atoms with Crippen LogP contribution in [0.1, 0.15) is 24.4 Å². The van der Waals surface area contributed by atoms with E-state index in [2.05, 4.69) is 4.90 Å². The van der Waals surface area contributed by atoms with Gasteiger partial charge in [-0.1, -0.05) is 30.3 Å². The van der Waals surface area contributed by atoms with Crippen LogP contribution in [0.3, 0.4) is 0 Å². The highest BCUT2D eigenvalue weighted by Gasteiger charge is 2.27. The lowest BCUT2D eigenvalue weighted by Crippen LogP contribution is -2.36. The lowest BCUT2D eigenvalue weighted by molar-refractivity contribution is -0.126. The third-order valence-corrected chi connectivity index (χ3v) is 2.80. The van der Waals surface area contributed by atoms with Crippen LogP contribution >= 0.6 is 0 Å². The fourth-order valence-corrected chi connectivity index (χ4v) is 2.09. The Bertz CT molecular complexity index is 320. The molecule has 0 amide bonds. The monoisotopic (exact) mass is 189 g/mol. The number of benzene rings is 1. The standard InChI is InChI=1S/C12H15NO/c1-13-9-5-8-11(14)12(13)10-6-3-2-4-7-10/h2-4,6-7,12H,5,8-9H2,1H3. The van der Waals surface area contributed by atoms with E-state index in [1.54, 1.807) is 0 Å². The van der Waals surface area contributed by atoms with E-state index in [1.807, 2.05) is 37.4 Å². The molecule has 1 aliphatic rings. The Balaban J connectivity index is 2.27. The highest BCUT2D eigenvalue weighted by Crippen LogP contribution is 2.26. The maximum Gasteiger partial charge on any atom is 0.154 e. The average Bonchev–Trinajstić information content (AvgIpc) is 2.19. The summed E-state index contributed by atoms with van der Waals surface area (Å²) in [5, 5.41) is 0. The van der Waals surface area contributed by atoms with Crippen molar-refractivity contribution in [3.63, 3.8) is 0 Å². The Morgan fingerprint density at radius 2 is 2.00 bits per heavy atom. The van der Waals surface area contributed by atoms with E-state index in [0.717, 1.165) is 24.9 Å². The van der Waals surface area contributed by atoms with Gasteiger partial charge in [-0.05, 0) is 25.6 Å². The number of ketones is 1. The van der Waals surface area contributed by atoms with Crippen LogP contribution in [-0.4, -0.2) is 24.3 Å². The third kappa shape index (κ3) is 1.70. The molecule has 1 aromatic carbocycles. The molecule has 74 valence electrons. The molecule has 0 saturated carbocycles. The zero-order valence-electron chi connectivity index (χ0n) is 8.44. The smallest absolute Gasteiger partial charge is 0.154 e. The maximum absolute atomic E-state index is 11.8. The van der Waals surface area contributed by atoms with E-state index >= 15 is 0 Å². The molecule has 2 heteroatoms. The highest BCUT2D eigenvalue weighted by atomic mass is 16.1. The molecule has 1 atom stereocenters. The summed E-state index contributed by atoms with van der Waals surface area (Å²) in [4.78, 5) is 13.9. The van der Waals surface area contributed by atoms with Gasteiger partial charge < -0.3 is 0 Å². The largest absolute Gasteiger partial charge is 0.298 e. The third-order valence-electron chi connectivity index (χ3n) is 2.80. The molecule has 1 aromatic rings. The summed E-state index contributed by atoms with van der Waals surface area (Å²) < 4.78 is 0. The fourth-order valence-electron chi connectivity index (χ4n) is 2.09. The number of likely N-dealkylation sites (N-methyl/N-ethyl adjacent to an activating group) is 1. The first-order chi connectivity index (χ1) is 6.79. The van der Waals surface area contributed by atoms with E-state index in [-0.39, 0.29) is 6.04 Å². The Morgan fingerprint density at radius 3 is 2.64 bits per heavy atom. The van der Waals surface area contributed by atoms with Crippen LogP contribution in [0.25, 0.3) is 0 Å². The molecule has 2 nitrogen and oxygen atoms in total. The fraction of sp³-hybridized carbons (Fsp3) is 0.417. The van der Waals surface area contributed by atoms with Crippen molar-refractivity contribution in [3.8, 4) is 0 Å². The predicted molar refractivity (Wildman–Crippen MR) is 56.1 cm³/mol. The second-order valence-corrected chi connectivity index (χ2v) is 3.86. The molecular weight excluding hydrogens is 174 g/mol. The van der Waals surface area contributed by atoms with Crippen molar-refractivity contribution in [3.05, 3.63) is 35.9 Å². The number of Topliss-reactive ketones (excluding diaryl/α,β-unsaturated/α-hetero) is 1. The molecule has 0 spiro atoms. The van der Waals surface area contributed by atoms with Crippen molar-refractivity contribution in [2.75, 3.05) is 13.6 Å². The van der Waals surface area contributed by atoms with E-state index in [4.69, 9.17) is 0 Å². The molecule has 2 rings (SSSR count). The second kappa shape index (κ2) is 3.93. The summed E-state index contributed by atoms with van der Waals surface area (Å²) in [7, 11) is 2.02. The van der Waals surface area contributed by atoms with Gasteiger partial charge in [0.25, 0.3) is 0 Å². The minimum Gasteiger partial charge on any atom is -0.298 e. The number of carbonyl (C=O) groups is 1. The molecule has 0 N–H and O–H groups in total. The maximum atomic E-state index is 11.8. The number of likely N-dealkylation sites (tertiary alicyclic amines) is 1. The minimum absolute atomic E-state index is 0.00931. The predicted octanol–water partition coefficient (Wildman–Crippen LogP) is 2.02. The summed E-state index contributed by atoms with van der Waals surface area (Å²) >= 11 is 0. The van der Waals surface area contributed by atoms with Crippen LogP contribution in [0.15, 0.2) is 30.3 Å². The zero-order chi connectivity index (χ0) is 9.97. The van der Waals surface area contributed by atoms with Crippen molar-refractivity contribution < 1.29 is 4.79 Å². The van der Waals surface area contributed by atoms with Gasteiger partial charge in [0.1, 0.15) is 0 Å². The van der Waals surface area contributed by atoms with Gasteiger partial charge in [-0.15, -0.1) is 0 Å². The van der Waals surface area contributed by atoms with Gasteiger partial charge in [0.2, 0.25) is 0 Å². The van der Waals surface area contributed by atoms with Gasteiger partial charge >= 0.3 is 0 Å². The molecule has 0 aromatic heterocycles. The quantitative estimate of drug-likeness (QED) is 0.673. The van der Waals surface area contributed by atoms with E-state index in [0.29, 0.717) is 5.78 Å². The van der Waals surface area contributed by atoms with Crippen molar-refractivity contribution in [2.24, 2.45) is 0 Å². The van der Waals surface area contributed by atoms with Crippen molar-refractivity contribution in [1.29, 1.82) is 0 Å². The molecule has 1 aliphatic heterocycles. The molecular formula is C12H15NO. The van der Waals surface area contributed by atoms with Crippen LogP contribution in [0, 0.1) is 0 Å². The first-order valence-electron chi connectivity index (χ1n) is 5.07. The Labute approximate surface area is 84.5 Å². The molecule has 0 bridgehead atoms. The number of rotatable bonds is 1. The van der Waals surface area contributed by atoms with E-state index < -0.39 is 0 Å². The first kappa shape index (κ1) is 9.41. The van der Waals surface area contributed by atoms with Crippen molar-refractivity contribution in [2.45, 2.75) is 18.9 Å². The van der Waals surface area contributed by atoms with Gasteiger partial charge in [-0.2, -0.15) is 0 Å². The van der Waals surface area contributed by atoms with Crippen LogP contribution in [0.5, 0.6) is 0 Å². The van der Waals surface area contributed by atoms with Crippen LogP contribution in [-0.2, 0) is 4.79 Å². The topological polar surface area (TPSA) is 20.3 Å². The summed E-state index contributed by atoms with van der Waals surface area (Å²) in [6.45, 7) is 1.02. The van der Waals surface area contributed by atoms with Crippen LogP contribution in [0.2, 0.25) is 0 Å². The summed E-state index contributed by atoms with van der Waals surface area (Å²) in [5.41, 5.74) is 1.12. The SMILES string of the molecule is CN1CCCC(=O)C1c1ccccc1. The number of hydrogen-bond acceptors (Lipinski definition) is 2. The van der Waals surface area contributed by atoms with Gasteiger partial charge in [-0.25, -0.2) is 0 Å². The average molecular weight is 189 g/mol. The number of carbonyl (C=O) groups excluding carboxylic acids is 1. The van der Waals surface area contributed by atoms with Gasteiger partial charge in [0.15, 0.2) is 5.78 Å². The van der Waals surface area contributed by atoms with Gasteiger partial charge in [0.05, 0.1) is 6.04 Å². The summed E-state index contributed by atoms with van der Waals surface area (Å²) in [6, 6.07) is 10.0. The molecule has 0 radical (unpaired) electrons. The number of hydrogen-bond donors (Lipinski definition) is 0. The first-order valence-corrected chi connectivity index (χ1v) is 5.07. The lowest BCUT2D eigenvalue weighted by Gasteiger charge is -2.31. The van der Waals surface area contributed by atoms with Crippen LogP contribution in [0.4, 0.5) is 0 Å². The van der Waals surface area contributed by atoms with Crippen molar-refractivity contribution in [1.82, 2.24) is 4.90 Å². The summed E-state index contributed by atoms with van der Waals surface area (Å²) in [6.07, 6.45) is 1.72. The molecule has 1 saturated heterocycles. The molecule has 14 heavy (non-hydrogen) atoms. The van der Waals surface area contributed by atoms with Crippen LogP contribution < -0.4 is 0 Å².